The third-order valence-electron chi connectivity index (χ3n) is 2.39. The molecule has 20 heavy (non-hydrogen) atoms. The van der Waals surface area contributed by atoms with Gasteiger partial charge in [-0.3, -0.25) is 15.0 Å². The minimum atomic E-state index is -1.13. The van der Waals surface area contributed by atoms with E-state index in [1.807, 2.05) is 0 Å². The number of esters is 1. The first-order valence-electron chi connectivity index (χ1n) is 5.43. The molecule has 1 rings (SSSR count). The molecule has 8 nitrogen and oxygen atoms in total. The number of nitrogens with two attached hydrogens (primary N) is 1. The van der Waals surface area contributed by atoms with E-state index in [9.17, 15) is 14.4 Å². The van der Waals surface area contributed by atoms with E-state index in [2.05, 4.69) is 10.1 Å². The van der Waals surface area contributed by atoms with E-state index >= 15 is 0 Å². The highest BCUT2D eigenvalue weighted by molar-refractivity contribution is 6.44. The van der Waals surface area contributed by atoms with Crippen molar-refractivity contribution < 1.29 is 24.2 Å². The first-order valence-corrected chi connectivity index (χ1v) is 5.43. The van der Waals surface area contributed by atoms with Gasteiger partial charge in [0.2, 0.25) is 0 Å². The Morgan fingerprint density at radius 3 is 2.55 bits per heavy atom. The van der Waals surface area contributed by atoms with E-state index in [0.29, 0.717) is 0 Å². The Balaban J connectivity index is 3.22. The molecule has 0 aliphatic rings. The maximum atomic E-state index is 11.4. The molecule has 1 amide bonds. The van der Waals surface area contributed by atoms with Gasteiger partial charge in [0, 0.05) is 11.3 Å². The van der Waals surface area contributed by atoms with Crippen molar-refractivity contribution in [2.45, 2.75) is 0 Å². The topological polar surface area (TPSA) is 143 Å². The average molecular weight is 279 g/mol. The summed E-state index contributed by atoms with van der Waals surface area (Å²) < 4.78 is 4.54. The second-order valence-corrected chi connectivity index (χ2v) is 3.74. The van der Waals surface area contributed by atoms with Crippen molar-refractivity contribution in [3.63, 3.8) is 0 Å². The van der Waals surface area contributed by atoms with E-state index in [1.165, 1.54) is 25.3 Å². The Morgan fingerprint density at radius 2 is 2.05 bits per heavy atom. The fourth-order valence-corrected chi connectivity index (χ4v) is 1.46. The molecule has 0 aliphatic heterocycles. The van der Waals surface area contributed by atoms with Crippen molar-refractivity contribution in [2.24, 2.45) is 5.73 Å². The zero-order valence-electron chi connectivity index (χ0n) is 10.6. The van der Waals surface area contributed by atoms with Crippen molar-refractivity contribution in [1.29, 1.82) is 5.41 Å². The number of aliphatic carboxylic acids is 1. The lowest BCUT2D eigenvalue weighted by Gasteiger charge is -2.11. The summed E-state index contributed by atoms with van der Waals surface area (Å²) in [5, 5.41) is 18.7. The van der Waals surface area contributed by atoms with Crippen LogP contribution in [0.15, 0.2) is 18.2 Å². The molecule has 0 unspecified atom stereocenters. The largest absolute Gasteiger partial charge is 0.480 e. The molecule has 5 N–H and O–H groups in total. The Morgan fingerprint density at radius 1 is 1.40 bits per heavy atom. The van der Waals surface area contributed by atoms with Crippen LogP contribution < -0.4 is 11.1 Å². The lowest BCUT2D eigenvalue weighted by atomic mass is 10.0. The molecule has 8 heteroatoms. The summed E-state index contributed by atoms with van der Waals surface area (Å²) >= 11 is 0. The van der Waals surface area contributed by atoms with Gasteiger partial charge >= 0.3 is 11.9 Å². The number of benzene rings is 1. The number of carboxylic acid groups (broad SMARTS) is 1. The molecule has 0 heterocycles. The number of rotatable bonds is 6. The normalized spacial score (nSPS) is 9.65. The summed E-state index contributed by atoms with van der Waals surface area (Å²) in [7, 11) is 1.20. The zero-order chi connectivity index (χ0) is 15.3. The molecule has 1 aromatic rings. The highest BCUT2D eigenvalue weighted by Gasteiger charge is 2.16. The number of hydrogen-bond donors (Lipinski definition) is 4. The highest BCUT2D eigenvalue weighted by Crippen LogP contribution is 2.19. The second-order valence-electron chi connectivity index (χ2n) is 3.74. The summed E-state index contributed by atoms with van der Waals surface area (Å²) in [6, 6.07) is 3.97. The monoisotopic (exact) mass is 279 g/mol. The standard InChI is InChI=1S/C12H13N3O5/c1-20-12(19)6-2-3-7(10(13)11(14)18)8(4-6)15-5-9(16)17/h2-4,13,15H,5H2,1H3,(H2,14,18)(H,16,17). The molecule has 0 fully saturated rings. The van der Waals surface area contributed by atoms with Gasteiger partial charge < -0.3 is 20.9 Å². The van der Waals surface area contributed by atoms with E-state index in [4.69, 9.17) is 16.2 Å². The number of nitrogens with one attached hydrogen (secondary N) is 2. The molecule has 0 radical (unpaired) electrons. The summed E-state index contributed by atoms with van der Waals surface area (Å²) in [4.78, 5) is 33.0. The Bertz CT molecular complexity index is 582. The van der Waals surface area contributed by atoms with Crippen LogP contribution in [0.3, 0.4) is 0 Å². The van der Waals surface area contributed by atoms with Crippen LogP contribution in [0.1, 0.15) is 15.9 Å². The van der Waals surface area contributed by atoms with Crippen molar-refractivity contribution in [3.05, 3.63) is 29.3 Å². The minimum Gasteiger partial charge on any atom is -0.480 e. The number of carbonyl (C=O) groups excluding carboxylic acids is 2. The Kier molecular flexibility index (Phi) is 4.79. The second kappa shape index (κ2) is 6.32. The number of hydrogen-bond acceptors (Lipinski definition) is 6. The summed E-state index contributed by atoms with van der Waals surface area (Å²) in [6.07, 6.45) is 0. The van der Waals surface area contributed by atoms with Crippen molar-refractivity contribution in [3.8, 4) is 0 Å². The number of primary amides is 1. The molecule has 0 aliphatic carbocycles. The summed E-state index contributed by atoms with van der Waals surface area (Å²) in [5.74, 6) is -2.72. The van der Waals surface area contributed by atoms with E-state index in [0.717, 1.165) is 0 Å². The molecule has 0 saturated heterocycles. The lowest BCUT2D eigenvalue weighted by Crippen LogP contribution is -2.25. The van der Waals surface area contributed by atoms with Gasteiger partial charge in [0.25, 0.3) is 5.91 Å². The molecule has 106 valence electrons. The van der Waals surface area contributed by atoms with Gasteiger partial charge in [0.05, 0.1) is 12.7 Å². The SMILES string of the molecule is COC(=O)c1ccc(C(=N)C(N)=O)c(NCC(=O)O)c1. The molecular formula is C12H13N3O5. The van der Waals surface area contributed by atoms with Gasteiger partial charge in [0.15, 0.2) is 0 Å². The van der Waals surface area contributed by atoms with E-state index in [-0.39, 0.29) is 16.8 Å². The van der Waals surface area contributed by atoms with Crippen LogP contribution in [0.25, 0.3) is 0 Å². The van der Waals surface area contributed by atoms with Crippen molar-refractivity contribution >= 4 is 29.2 Å². The van der Waals surface area contributed by atoms with Gasteiger partial charge in [-0.15, -0.1) is 0 Å². The quantitative estimate of drug-likeness (QED) is 0.420. The van der Waals surface area contributed by atoms with Crippen LogP contribution in [-0.2, 0) is 14.3 Å². The van der Waals surface area contributed by atoms with Crippen LogP contribution in [0, 0.1) is 5.41 Å². The number of carbonyl (C=O) groups is 3. The van der Waals surface area contributed by atoms with Crippen molar-refractivity contribution in [1.82, 2.24) is 0 Å². The maximum Gasteiger partial charge on any atom is 0.337 e. The summed E-state index contributed by atoms with van der Waals surface area (Å²) in [6.45, 7) is -0.441. The third kappa shape index (κ3) is 3.55. The Labute approximate surface area is 114 Å². The fraction of sp³-hybridized carbons (Fsp3) is 0.167. The molecule has 0 atom stereocenters. The molecule has 1 aromatic carbocycles. The van der Waals surface area contributed by atoms with Crippen LogP contribution in [0.4, 0.5) is 5.69 Å². The fourth-order valence-electron chi connectivity index (χ4n) is 1.46. The van der Waals surface area contributed by atoms with E-state index in [1.54, 1.807) is 0 Å². The van der Waals surface area contributed by atoms with E-state index < -0.39 is 30.1 Å². The van der Waals surface area contributed by atoms with Gasteiger partial charge in [-0.1, -0.05) is 0 Å². The maximum absolute atomic E-state index is 11.4. The first-order chi connectivity index (χ1) is 9.36. The molecule has 0 spiro atoms. The predicted octanol–water partition coefficient (Wildman–Crippen LogP) is -0.177. The molecule has 0 bridgehead atoms. The molecular weight excluding hydrogens is 266 g/mol. The zero-order valence-corrected chi connectivity index (χ0v) is 10.6. The Hall–Kier alpha value is -2.90. The third-order valence-corrected chi connectivity index (χ3v) is 2.39. The predicted molar refractivity (Wildman–Crippen MR) is 69.9 cm³/mol. The van der Waals surface area contributed by atoms with Gasteiger partial charge in [0.1, 0.15) is 12.3 Å². The smallest absolute Gasteiger partial charge is 0.337 e. The number of anilines is 1. The average Bonchev–Trinajstić information content (AvgIpc) is 2.42. The lowest BCUT2D eigenvalue weighted by molar-refractivity contribution is -0.134. The van der Waals surface area contributed by atoms with Crippen LogP contribution in [0.5, 0.6) is 0 Å². The van der Waals surface area contributed by atoms with Crippen LogP contribution in [0.2, 0.25) is 0 Å². The molecule has 0 aromatic heterocycles. The first kappa shape index (κ1) is 15.2. The number of ether oxygens (including phenoxy) is 1. The number of methoxy groups -OCH3 is 1. The van der Waals surface area contributed by atoms with Crippen molar-refractivity contribution in [2.75, 3.05) is 19.0 Å². The highest BCUT2D eigenvalue weighted by atomic mass is 16.5. The summed E-state index contributed by atoms with van der Waals surface area (Å²) in [5.41, 5.74) is 4.92. The van der Waals surface area contributed by atoms with Gasteiger partial charge in [-0.25, -0.2) is 4.79 Å². The van der Waals surface area contributed by atoms with Crippen LogP contribution >= 0.6 is 0 Å². The number of amides is 1. The van der Waals surface area contributed by atoms with Gasteiger partial charge in [-0.2, -0.15) is 0 Å². The van der Waals surface area contributed by atoms with Crippen LogP contribution in [-0.4, -0.2) is 42.3 Å². The number of carboxylic acids is 1. The molecule has 0 saturated carbocycles. The van der Waals surface area contributed by atoms with Gasteiger partial charge in [-0.05, 0) is 18.2 Å². The minimum absolute atomic E-state index is 0.103.